The number of benzene rings is 2. The predicted molar refractivity (Wildman–Crippen MR) is 76.1 cm³/mol. The smallest absolute Gasteiger partial charge is 0.532 e. The summed E-state index contributed by atoms with van der Waals surface area (Å²) in [7, 11) is -2.59. The minimum absolute atomic E-state index is 0.106. The van der Waals surface area contributed by atoms with E-state index in [4.69, 9.17) is 4.65 Å². The molecule has 2 rings (SSSR count). The third kappa shape index (κ3) is 4.68. The van der Waals surface area contributed by atoms with Crippen LogP contribution in [0.25, 0.3) is 0 Å². The van der Waals surface area contributed by atoms with Gasteiger partial charge in [-0.05, 0) is 18.2 Å². The van der Waals surface area contributed by atoms with E-state index in [1.54, 1.807) is 0 Å². The Kier molecular flexibility index (Phi) is 5.42. The first-order valence-electron chi connectivity index (χ1n) is 7.01. The molecule has 27 heavy (non-hydrogen) atoms. The molecule has 0 spiro atoms. The summed E-state index contributed by atoms with van der Waals surface area (Å²) in [6.45, 7) is 0. The van der Waals surface area contributed by atoms with E-state index in [9.17, 15) is 44.5 Å². The van der Waals surface area contributed by atoms with Crippen molar-refractivity contribution < 1.29 is 49.2 Å². The normalized spacial score (nSPS) is 12.8. The van der Waals surface area contributed by atoms with Crippen LogP contribution in [0.3, 0.4) is 0 Å². The summed E-state index contributed by atoms with van der Waals surface area (Å²) in [5.74, 6) is -0.202. The quantitative estimate of drug-likeness (QED) is 0.605. The molecule has 0 aliphatic heterocycles. The Balaban J connectivity index is 2.72. The van der Waals surface area contributed by atoms with Gasteiger partial charge in [-0.3, -0.25) is 0 Å². The average molecular weight is 402 g/mol. The van der Waals surface area contributed by atoms with Crippen LogP contribution in [0, 0.1) is 0 Å². The SMILES string of the molecule is OB(Oc1ccccc1)c1ccc(C(F)(F)F)c(C(F)(F)F)c1C(F)(F)F. The van der Waals surface area contributed by atoms with E-state index in [1.165, 1.54) is 30.3 Å². The molecule has 0 aliphatic carbocycles. The van der Waals surface area contributed by atoms with Crippen LogP contribution in [0.5, 0.6) is 5.75 Å². The Bertz CT molecular complexity index is 798. The highest BCUT2D eigenvalue weighted by Crippen LogP contribution is 2.45. The van der Waals surface area contributed by atoms with E-state index < -0.39 is 47.8 Å². The van der Waals surface area contributed by atoms with Crippen LogP contribution >= 0.6 is 0 Å². The molecule has 0 bridgehead atoms. The maximum absolute atomic E-state index is 13.3. The van der Waals surface area contributed by atoms with Crippen LogP contribution in [-0.2, 0) is 18.5 Å². The van der Waals surface area contributed by atoms with Crippen molar-refractivity contribution in [1.82, 2.24) is 0 Å². The first kappa shape index (κ1) is 20.9. The van der Waals surface area contributed by atoms with Crippen LogP contribution in [-0.4, -0.2) is 12.1 Å². The molecule has 0 saturated heterocycles. The van der Waals surface area contributed by atoms with Gasteiger partial charge in [0.15, 0.2) is 0 Å². The second-order valence-corrected chi connectivity index (χ2v) is 5.23. The molecule has 0 saturated carbocycles. The standard InChI is InChI=1S/C15H8BF9O2/c17-13(18,19)9-6-7-10(16(26)27-8-4-2-1-3-5-8)12(15(23,24)25)11(9)14(20,21)22/h1-7,26H. The second kappa shape index (κ2) is 6.99. The molecule has 0 radical (unpaired) electrons. The van der Waals surface area contributed by atoms with Crippen molar-refractivity contribution >= 4 is 12.6 Å². The minimum atomic E-state index is -5.99. The van der Waals surface area contributed by atoms with Crippen LogP contribution < -0.4 is 10.1 Å². The fraction of sp³-hybridized carbons (Fsp3) is 0.200. The molecule has 2 nitrogen and oxygen atoms in total. The lowest BCUT2D eigenvalue weighted by Gasteiger charge is -2.24. The Hall–Kier alpha value is -2.37. The van der Waals surface area contributed by atoms with Crippen molar-refractivity contribution in [3.8, 4) is 5.75 Å². The van der Waals surface area contributed by atoms with Gasteiger partial charge in [0.2, 0.25) is 0 Å². The summed E-state index contributed by atoms with van der Waals surface area (Å²) in [6.07, 6.45) is -17.5. The molecule has 12 heteroatoms. The van der Waals surface area contributed by atoms with Gasteiger partial charge in [-0.2, -0.15) is 39.5 Å². The Morgan fingerprint density at radius 2 is 1.19 bits per heavy atom. The highest BCUT2D eigenvalue weighted by Gasteiger charge is 2.52. The van der Waals surface area contributed by atoms with Gasteiger partial charge in [-0.15, -0.1) is 0 Å². The molecule has 0 unspecified atom stereocenters. The van der Waals surface area contributed by atoms with E-state index in [1.807, 2.05) is 0 Å². The van der Waals surface area contributed by atoms with Gasteiger partial charge in [0.05, 0.1) is 16.7 Å². The van der Waals surface area contributed by atoms with E-state index >= 15 is 0 Å². The summed E-state index contributed by atoms with van der Waals surface area (Å²) in [6, 6.07) is 6.51. The molecule has 0 aliphatic rings. The summed E-state index contributed by atoms with van der Waals surface area (Å²) < 4.78 is 123. The maximum atomic E-state index is 13.3. The largest absolute Gasteiger partial charge is 0.560 e. The number of rotatable bonds is 3. The van der Waals surface area contributed by atoms with Crippen molar-refractivity contribution in [3.63, 3.8) is 0 Å². The summed E-state index contributed by atoms with van der Waals surface area (Å²) >= 11 is 0. The molecular weight excluding hydrogens is 394 g/mol. The summed E-state index contributed by atoms with van der Waals surface area (Å²) in [5, 5.41) is 9.83. The van der Waals surface area contributed by atoms with E-state index in [2.05, 4.69) is 0 Å². The lowest BCUT2D eigenvalue weighted by Crippen LogP contribution is -2.43. The van der Waals surface area contributed by atoms with Gasteiger partial charge in [-0.1, -0.05) is 24.3 Å². The fourth-order valence-corrected chi connectivity index (χ4v) is 2.35. The zero-order chi connectivity index (χ0) is 20.6. The lowest BCUT2D eigenvalue weighted by molar-refractivity contribution is -0.174. The predicted octanol–water partition coefficient (Wildman–Crippen LogP) is 4.51. The molecule has 2 aromatic rings. The van der Waals surface area contributed by atoms with Crippen LogP contribution in [0.4, 0.5) is 39.5 Å². The third-order valence-electron chi connectivity index (χ3n) is 3.37. The van der Waals surface area contributed by atoms with Crippen LogP contribution in [0.2, 0.25) is 0 Å². The highest BCUT2D eigenvalue weighted by atomic mass is 19.4. The first-order chi connectivity index (χ1) is 12.2. The maximum Gasteiger partial charge on any atom is 0.560 e. The topological polar surface area (TPSA) is 29.5 Å². The Labute approximate surface area is 146 Å². The molecule has 0 atom stereocenters. The molecule has 0 fully saturated rings. The van der Waals surface area contributed by atoms with E-state index in [0.29, 0.717) is 0 Å². The van der Waals surface area contributed by atoms with E-state index in [0.717, 1.165) is 0 Å². The number of halogens is 9. The molecule has 0 amide bonds. The molecule has 0 aromatic heterocycles. The fourth-order valence-electron chi connectivity index (χ4n) is 2.35. The Morgan fingerprint density at radius 1 is 0.667 bits per heavy atom. The number of alkyl halides is 9. The number of hydrogen-bond acceptors (Lipinski definition) is 2. The van der Waals surface area contributed by atoms with Crippen molar-refractivity contribution in [1.29, 1.82) is 0 Å². The molecule has 1 N–H and O–H groups in total. The average Bonchev–Trinajstić information content (AvgIpc) is 2.51. The van der Waals surface area contributed by atoms with Crippen molar-refractivity contribution in [2.75, 3.05) is 0 Å². The molecule has 2 aromatic carbocycles. The summed E-state index contributed by atoms with van der Waals surface area (Å²) in [5.41, 5.74) is -9.60. The zero-order valence-corrected chi connectivity index (χ0v) is 12.9. The van der Waals surface area contributed by atoms with Gasteiger partial charge >= 0.3 is 25.6 Å². The Morgan fingerprint density at radius 3 is 1.63 bits per heavy atom. The third-order valence-corrected chi connectivity index (χ3v) is 3.37. The number of hydrogen-bond donors (Lipinski definition) is 1. The van der Waals surface area contributed by atoms with Gasteiger partial charge in [-0.25, -0.2) is 0 Å². The van der Waals surface area contributed by atoms with Crippen LogP contribution in [0.1, 0.15) is 16.7 Å². The van der Waals surface area contributed by atoms with Crippen molar-refractivity contribution in [2.24, 2.45) is 0 Å². The second-order valence-electron chi connectivity index (χ2n) is 5.23. The highest BCUT2D eigenvalue weighted by molar-refractivity contribution is 6.61. The van der Waals surface area contributed by atoms with Gasteiger partial charge < -0.3 is 9.68 Å². The van der Waals surface area contributed by atoms with Gasteiger partial charge in [0.1, 0.15) is 5.75 Å². The zero-order valence-electron chi connectivity index (χ0n) is 12.9. The lowest BCUT2D eigenvalue weighted by atomic mass is 9.73. The van der Waals surface area contributed by atoms with Crippen LogP contribution in [0.15, 0.2) is 42.5 Å². The minimum Gasteiger partial charge on any atom is -0.532 e. The van der Waals surface area contributed by atoms with E-state index in [-0.39, 0.29) is 17.9 Å². The van der Waals surface area contributed by atoms with Crippen molar-refractivity contribution in [3.05, 3.63) is 59.2 Å². The summed E-state index contributed by atoms with van der Waals surface area (Å²) in [4.78, 5) is 0. The number of para-hydroxylation sites is 1. The van der Waals surface area contributed by atoms with Crippen molar-refractivity contribution in [2.45, 2.75) is 18.5 Å². The monoisotopic (exact) mass is 402 g/mol. The van der Waals surface area contributed by atoms with Gasteiger partial charge in [0, 0.05) is 5.46 Å². The first-order valence-corrected chi connectivity index (χ1v) is 7.01. The molecular formula is C15H8BF9O2. The van der Waals surface area contributed by atoms with Gasteiger partial charge in [0.25, 0.3) is 0 Å². The molecule has 0 heterocycles. The molecule has 146 valence electrons.